The number of halogens is 1. The number of phenolic OH excluding ortho intramolecular Hbond substituents is 1. The van der Waals surface area contributed by atoms with Gasteiger partial charge < -0.3 is 5.11 Å². The first-order valence-corrected chi connectivity index (χ1v) is 8.96. The van der Waals surface area contributed by atoms with E-state index in [1.165, 1.54) is 24.2 Å². The topological polar surface area (TPSA) is 62.2 Å². The summed E-state index contributed by atoms with van der Waals surface area (Å²) >= 11 is 6.52. The van der Waals surface area contributed by atoms with Crippen LogP contribution in [0.3, 0.4) is 0 Å². The number of amides is 1. The molecule has 1 aliphatic carbocycles. The number of rotatable bonds is 4. The first-order valence-electron chi connectivity index (χ1n) is 6.47. The molecule has 1 aromatic heterocycles. The molecule has 2 N–H and O–H groups in total. The van der Waals surface area contributed by atoms with Crippen LogP contribution in [0.5, 0.6) is 5.75 Å². The minimum absolute atomic E-state index is 0.0594. The van der Waals surface area contributed by atoms with Crippen molar-refractivity contribution in [2.45, 2.75) is 29.2 Å². The maximum absolute atomic E-state index is 12.2. The van der Waals surface area contributed by atoms with Crippen LogP contribution < -0.4 is 5.32 Å². The van der Waals surface area contributed by atoms with E-state index in [2.05, 4.69) is 26.2 Å². The molecule has 0 saturated heterocycles. The highest BCUT2D eigenvalue weighted by Crippen LogP contribution is 2.43. The molecule has 0 radical (unpaired) electrons. The number of nitrogens with zero attached hydrogens (tertiary/aromatic N) is 1. The lowest BCUT2D eigenvalue weighted by Gasteiger charge is -2.05. The van der Waals surface area contributed by atoms with E-state index in [0.717, 1.165) is 9.90 Å². The van der Waals surface area contributed by atoms with Crippen molar-refractivity contribution < 1.29 is 9.90 Å². The molecule has 0 spiro atoms. The molecule has 1 saturated carbocycles. The van der Waals surface area contributed by atoms with Crippen molar-refractivity contribution in [2.24, 2.45) is 0 Å². The van der Waals surface area contributed by atoms with Gasteiger partial charge in [0, 0.05) is 5.25 Å². The summed E-state index contributed by atoms with van der Waals surface area (Å²) in [5.41, 5.74) is 1.18. The van der Waals surface area contributed by atoms with Gasteiger partial charge in [-0.3, -0.25) is 10.1 Å². The average molecular weight is 385 g/mol. The lowest BCUT2D eigenvalue weighted by Crippen LogP contribution is -2.11. The molecule has 4 nitrogen and oxygen atoms in total. The summed E-state index contributed by atoms with van der Waals surface area (Å²) in [5, 5.41) is 13.9. The minimum atomic E-state index is -0.356. The zero-order valence-electron chi connectivity index (χ0n) is 11.2. The first kappa shape index (κ1) is 14.9. The molecule has 1 aliphatic rings. The highest BCUT2D eigenvalue weighted by molar-refractivity contribution is 9.10. The Hall–Kier alpha value is -1.05. The van der Waals surface area contributed by atoms with Gasteiger partial charge in [0.1, 0.15) is 5.75 Å². The summed E-state index contributed by atoms with van der Waals surface area (Å²) in [6.07, 6.45) is 2.52. The number of aromatic hydroxyl groups is 1. The van der Waals surface area contributed by atoms with Crippen molar-refractivity contribution in [2.75, 3.05) is 5.32 Å². The summed E-state index contributed by atoms with van der Waals surface area (Å²) in [5.74, 6) is -0.415. The van der Waals surface area contributed by atoms with Gasteiger partial charge in [0.25, 0.3) is 5.91 Å². The molecule has 21 heavy (non-hydrogen) atoms. The third-order valence-corrected chi connectivity index (χ3v) is 6.36. The second-order valence-electron chi connectivity index (χ2n) is 4.80. The summed E-state index contributed by atoms with van der Waals surface area (Å²) < 4.78 is 1.65. The van der Waals surface area contributed by atoms with Gasteiger partial charge in [-0.25, -0.2) is 4.98 Å². The highest BCUT2D eigenvalue weighted by Gasteiger charge is 2.25. The zero-order chi connectivity index (χ0) is 15.0. The SMILES string of the molecule is Cc1nc(NC(=O)c2cccc(Br)c2O)sc1SC1CC1. The molecule has 1 heterocycles. The molecule has 0 bridgehead atoms. The third kappa shape index (κ3) is 3.41. The van der Waals surface area contributed by atoms with Crippen LogP contribution in [0.25, 0.3) is 0 Å². The van der Waals surface area contributed by atoms with Crippen LogP contribution in [0.4, 0.5) is 5.13 Å². The quantitative estimate of drug-likeness (QED) is 0.818. The molecule has 1 fully saturated rings. The lowest BCUT2D eigenvalue weighted by atomic mass is 10.2. The Morgan fingerprint density at radius 1 is 1.52 bits per heavy atom. The summed E-state index contributed by atoms with van der Waals surface area (Å²) in [4.78, 5) is 16.6. The highest BCUT2D eigenvalue weighted by atomic mass is 79.9. The molecule has 7 heteroatoms. The number of thioether (sulfide) groups is 1. The Balaban J connectivity index is 1.76. The van der Waals surface area contributed by atoms with Crippen LogP contribution in [0.2, 0.25) is 0 Å². The van der Waals surface area contributed by atoms with Crippen molar-refractivity contribution >= 4 is 50.1 Å². The van der Waals surface area contributed by atoms with Crippen molar-refractivity contribution in [3.63, 3.8) is 0 Å². The number of hydrogen-bond donors (Lipinski definition) is 2. The Morgan fingerprint density at radius 3 is 3.00 bits per heavy atom. The van der Waals surface area contributed by atoms with E-state index in [0.29, 0.717) is 14.9 Å². The maximum atomic E-state index is 12.2. The fourth-order valence-corrected chi connectivity index (χ4v) is 4.54. The van der Waals surface area contributed by atoms with E-state index in [1.807, 2.05) is 18.7 Å². The number of benzene rings is 1. The van der Waals surface area contributed by atoms with Crippen molar-refractivity contribution in [3.05, 3.63) is 33.9 Å². The fourth-order valence-electron chi connectivity index (χ4n) is 1.75. The third-order valence-electron chi connectivity index (χ3n) is 3.00. The first-order chi connectivity index (χ1) is 10.0. The van der Waals surface area contributed by atoms with Crippen LogP contribution in [-0.4, -0.2) is 21.2 Å². The van der Waals surface area contributed by atoms with Crippen LogP contribution in [0.1, 0.15) is 28.9 Å². The predicted molar refractivity (Wildman–Crippen MR) is 89.5 cm³/mol. The standard InChI is InChI=1S/C14H13BrN2O2S2/c1-7-13(20-8-5-6-8)21-14(16-7)17-12(19)9-3-2-4-10(15)11(9)18/h2-4,8,18H,5-6H2,1H3,(H,16,17,19). The molecular weight excluding hydrogens is 372 g/mol. The van der Waals surface area contributed by atoms with Gasteiger partial charge in [-0.05, 0) is 47.8 Å². The number of carbonyl (C=O) groups is 1. The van der Waals surface area contributed by atoms with Crippen LogP contribution in [0.15, 0.2) is 26.9 Å². The van der Waals surface area contributed by atoms with E-state index in [-0.39, 0.29) is 17.2 Å². The number of carbonyl (C=O) groups excluding carboxylic acids is 1. The van der Waals surface area contributed by atoms with Crippen LogP contribution >= 0.6 is 39.0 Å². The number of phenols is 1. The number of aromatic nitrogens is 1. The van der Waals surface area contributed by atoms with Gasteiger partial charge in [-0.15, -0.1) is 11.8 Å². The minimum Gasteiger partial charge on any atom is -0.506 e. The largest absolute Gasteiger partial charge is 0.506 e. The van der Waals surface area contributed by atoms with E-state index < -0.39 is 0 Å². The Morgan fingerprint density at radius 2 is 2.29 bits per heavy atom. The number of anilines is 1. The zero-order valence-corrected chi connectivity index (χ0v) is 14.4. The Bertz CT molecular complexity index is 698. The number of thiazole rings is 1. The normalized spacial score (nSPS) is 14.2. The van der Waals surface area contributed by atoms with Crippen LogP contribution in [0, 0.1) is 6.92 Å². The number of nitrogens with one attached hydrogen (secondary N) is 1. The van der Waals surface area contributed by atoms with Gasteiger partial charge in [0.05, 0.1) is 19.9 Å². The van der Waals surface area contributed by atoms with E-state index in [4.69, 9.17) is 0 Å². The molecular formula is C14H13BrN2O2S2. The summed E-state index contributed by atoms with van der Waals surface area (Å²) in [6.45, 7) is 1.95. The number of para-hydroxylation sites is 1. The van der Waals surface area contributed by atoms with Gasteiger partial charge in [0.2, 0.25) is 0 Å². The second kappa shape index (κ2) is 5.98. The molecule has 1 amide bonds. The molecule has 0 atom stereocenters. The number of aryl methyl sites for hydroxylation is 1. The summed E-state index contributed by atoms with van der Waals surface area (Å²) in [6, 6.07) is 4.97. The average Bonchev–Trinajstić information content (AvgIpc) is 3.18. The number of hydrogen-bond acceptors (Lipinski definition) is 5. The van der Waals surface area contributed by atoms with Gasteiger partial charge in [-0.1, -0.05) is 17.4 Å². The van der Waals surface area contributed by atoms with E-state index >= 15 is 0 Å². The molecule has 2 aromatic rings. The fraction of sp³-hybridized carbons (Fsp3) is 0.286. The molecule has 1 aromatic carbocycles. The van der Waals surface area contributed by atoms with E-state index in [1.54, 1.807) is 18.2 Å². The molecule has 110 valence electrons. The van der Waals surface area contributed by atoms with Gasteiger partial charge in [-0.2, -0.15) is 0 Å². The smallest absolute Gasteiger partial charge is 0.261 e. The van der Waals surface area contributed by atoms with Crippen molar-refractivity contribution in [1.82, 2.24) is 4.98 Å². The van der Waals surface area contributed by atoms with Crippen LogP contribution in [-0.2, 0) is 0 Å². The molecule has 0 unspecified atom stereocenters. The van der Waals surface area contributed by atoms with Gasteiger partial charge >= 0.3 is 0 Å². The van der Waals surface area contributed by atoms with Gasteiger partial charge in [0.15, 0.2) is 5.13 Å². The lowest BCUT2D eigenvalue weighted by molar-refractivity contribution is 0.102. The molecule has 3 rings (SSSR count). The Labute approximate surface area is 139 Å². The summed E-state index contributed by atoms with van der Waals surface area (Å²) in [7, 11) is 0. The predicted octanol–water partition coefficient (Wildman–Crippen LogP) is 4.43. The Kier molecular flexibility index (Phi) is 4.24. The van der Waals surface area contributed by atoms with E-state index in [9.17, 15) is 9.90 Å². The van der Waals surface area contributed by atoms with Crippen molar-refractivity contribution in [3.8, 4) is 5.75 Å². The monoisotopic (exact) mass is 384 g/mol. The second-order valence-corrected chi connectivity index (χ2v) is 8.22. The molecule has 0 aliphatic heterocycles. The maximum Gasteiger partial charge on any atom is 0.261 e. The van der Waals surface area contributed by atoms with Crippen molar-refractivity contribution in [1.29, 1.82) is 0 Å².